The number of benzene rings is 1. The predicted molar refractivity (Wildman–Crippen MR) is 77.4 cm³/mol. The van der Waals surface area contributed by atoms with E-state index in [0.717, 1.165) is 0 Å². The highest BCUT2D eigenvalue weighted by atomic mass is 79.9. The van der Waals surface area contributed by atoms with Crippen LogP contribution in [0.5, 0.6) is 0 Å². The topological polar surface area (TPSA) is 101 Å². The van der Waals surface area contributed by atoms with E-state index in [9.17, 15) is 8.42 Å². The van der Waals surface area contributed by atoms with E-state index in [4.69, 9.17) is 5.73 Å². The van der Waals surface area contributed by atoms with Crippen molar-refractivity contribution < 1.29 is 8.42 Å². The third-order valence-corrected chi connectivity index (χ3v) is 4.85. The van der Waals surface area contributed by atoms with Crippen molar-refractivity contribution in [2.24, 2.45) is 0 Å². The molecule has 1 aromatic carbocycles. The molecule has 1 aromatic heterocycles. The summed E-state index contributed by atoms with van der Waals surface area (Å²) in [4.78, 5) is 0.163. The van der Waals surface area contributed by atoms with Gasteiger partial charge in [-0.2, -0.15) is 5.10 Å². The first kappa shape index (κ1) is 13.9. The van der Waals surface area contributed by atoms with Crippen molar-refractivity contribution in [1.82, 2.24) is 10.2 Å². The molecule has 2 aromatic rings. The number of H-pyrrole nitrogens is 1. The van der Waals surface area contributed by atoms with Gasteiger partial charge in [-0.05, 0) is 48.0 Å². The molecular weight excluding hydrogens is 332 g/mol. The molecule has 4 N–H and O–H groups in total. The maximum atomic E-state index is 12.3. The fourth-order valence-corrected chi connectivity index (χ4v) is 3.83. The quantitative estimate of drug-likeness (QED) is 0.742. The van der Waals surface area contributed by atoms with E-state index in [2.05, 4.69) is 30.8 Å². The summed E-state index contributed by atoms with van der Waals surface area (Å²) < 4.78 is 27.7. The number of nitrogens with zero attached hydrogens (tertiary/aromatic N) is 1. The number of aryl methyl sites for hydroxylation is 2. The highest BCUT2D eigenvalue weighted by Crippen LogP contribution is 2.28. The molecule has 0 atom stereocenters. The van der Waals surface area contributed by atoms with Crippen LogP contribution in [0.4, 0.5) is 11.4 Å². The molecule has 102 valence electrons. The fourth-order valence-electron chi connectivity index (χ4n) is 1.75. The molecule has 0 aliphatic rings. The number of rotatable bonds is 3. The van der Waals surface area contributed by atoms with E-state index in [1.54, 1.807) is 32.0 Å². The molecule has 0 amide bonds. The number of sulfonamides is 1. The van der Waals surface area contributed by atoms with Crippen molar-refractivity contribution in [2.75, 3.05) is 10.5 Å². The summed E-state index contributed by atoms with van der Waals surface area (Å²) in [6.45, 7) is 3.29. The second-order valence-electron chi connectivity index (χ2n) is 4.11. The zero-order valence-electron chi connectivity index (χ0n) is 10.4. The number of aromatic nitrogens is 2. The smallest absolute Gasteiger partial charge is 0.265 e. The Balaban J connectivity index is 2.42. The maximum Gasteiger partial charge on any atom is 0.265 e. The van der Waals surface area contributed by atoms with Crippen LogP contribution >= 0.6 is 15.9 Å². The summed E-state index contributed by atoms with van der Waals surface area (Å²) in [5.74, 6) is 0. The second kappa shape index (κ2) is 4.86. The van der Waals surface area contributed by atoms with Crippen LogP contribution in [0, 0.1) is 13.8 Å². The summed E-state index contributed by atoms with van der Waals surface area (Å²) >= 11 is 3.27. The van der Waals surface area contributed by atoms with E-state index >= 15 is 0 Å². The summed E-state index contributed by atoms with van der Waals surface area (Å²) in [5.41, 5.74) is 7.51. The van der Waals surface area contributed by atoms with Gasteiger partial charge in [0.15, 0.2) is 0 Å². The molecule has 0 bridgehead atoms. The van der Waals surface area contributed by atoms with Crippen molar-refractivity contribution in [2.45, 2.75) is 18.7 Å². The summed E-state index contributed by atoms with van der Waals surface area (Å²) in [6, 6.07) is 4.85. The van der Waals surface area contributed by atoms with Crippen molar-refractivity contribution in [1.29, 1.82) is 0 Å². The van der Waals surface area contributed by atoms with E-state index in [-0.39, 0.29) is 4.90 Å². The van der Waals surface area contributed by atoms with Gasteiger partial charge in [-0.3, -0.25) is 9.82 Å². The molecule has 0 saturated heterocycles. The lowest BCUT2D eigenvalue weighted by atomic mass is 10.3. The minimum atomic E-state index is -3.68. The van der Waals surface area contributed by atoms with Crippen LogP contribution in [0.2, 0.25) is 0 Å². The number of halogens is 1. The molecule has 0 saturated carbocycles. The number of nitrogens with two attached hydrogens (primary N) is 1. The molecule has 0 aliphatic heterocycles. The van der Waals surface area contributed by atoms with Gasteiger partial charge in [-0.25, -0.2) is 8.42 Å². The molecule has 8 heteroatoms. The summed E-state index contributed by atoms with van der Waals surface area (Å²) in [7, 11) is -3.68. The summed E-state index contributed by atoms with van der Waals surface area (Å²) in [5, 5.41) is 6.54. The number of hydrogen-bond donors (Lipinski definition) is 3. The number of nitrogen functional groups attached to an aromatic ring is 1. The van der Waals surface area contributed by atoms with Crippen molar-refractivity contribution in [3.8, 4) is 0 Å². The minimum Gasteiger partial charge on any atom is -0.399 e. The third-order valence-electron chi connectivity index (χ3n) is 2.57. The zero-order valence-corrected chi connectivity index (χ0v) is 12.8. The molecular formula is C11H13BrN4O2S. The molecule has 0 aliphatic carbocycles. The third kappa shape index (κ3) is 2.74. The van der Waals surface area contributed by atoms with Crippen LogP contribution in [0.25, 0.3) is 0 Å². The van der Waals surface area contributed by atoms with Gasteiger partial charge < -0.3 is 5.73 Å². The minimum absolute atomic E-state index is 0.163. The van der Waals surface area contributed by atoms with E-state index < -0.39 is 10.0 Å². The van der Waals surface area contributed by atoms with Crippen LogP contribution in [-0.4, -0.2) is 18.6 Å². The van der Waals surface area contributed by atoms with Gasteiger partial charge >= 0.3 is 0 Å². The molecule has 1 heterocycles. The Kier molecular flexibility index (Phi) is 3.55. The monoisotopic (exact) mass is 344 g/mol. The van der Waals surface area contributed by atoms with E-state index in [1.165, 1.54) is 0 Å². The van der Waals surface area contributed by atoms with Gasteiger partial charge in [0, 0.05) is 10.2 Å². The Morgan fingerprint density at radius 2 is 2.05 bits per heavy atom. The lowest BCUT2D eigenvalue weighted by Gasteiger charge is -2.10. The predicted octanol–water partition coefficient (Wildman–Crippen LogP) is 2.17. The molecule has 0 radical (unpaired) electrons. The van der Waals surface area contributed by atoms with Crippen LogP contribution in [-0.2, 0) is 10.0 Å². The Labute approximate surface area is 119 Å². The van der Waals surface area contributed by atoms with Crippen molar-refractivity contribution >= 4 is 37.3 Å². The van der Waals surface area contributed by atoms with Crippen LogP contribution in [0.3, 0.4) is 0 Å². The molecule has 6 nitrogen and oxygen atoms in total. The lowest BCUT2D eigenvalue weighted by Crippen LogP contribution is -2.15. The highest BCUT2D eigenvalue weighted by molar-refractivity contribution is 9.10. The molecule has 0 unspecified atom stereocenters. The van der Waals surface area contributed by atoms with Gasteiger partial charge in [-0.1, -0.05) is 0 Å². The average molecular weight is 345 g/mol. The van der Waals surface area contributed by atoms with Crippen molar-refractivity contribution in [3.05, 3.63) is 34.1 Å². The Hall–Kier alpha value is -1.54. The molecule has 2 rings (SSSR count). The number of anilines is 2. The van der Waals surface area contributed by atoms with Gasteiger partial charge in [-0.15, -0.1) is 0 Å². The number of hydrogen-bond acceptors (Lipinski definition) is 4. The molecule has 0 fully saturated rings. The van der Waals surface area contributed by atoms with E-state index in [1.807, 2.05) is 0 Å². The maximum absolute atomic E-state index is 12.3. The summed E-state index contributed by atoms with van der Waals surface area (Å²) in [6.07, 6.45) is 0. The van der Waals surface area contributed by atoms with Crippen LogP contribution in [0.1, 0.15) is 11.4 Å². The average Bonchev–Trinajstić information content (AvgIpc) is 2.63. The lowest BCUT2D eigenvalue weighted by molar-refractivity contribution is 0.600. The first-order valence-electron chi connectivity index (χ1n) is 5.40. The van der Waals surface area contributed by atoms with E-state index in [0.29, 0.717) is 27.2 Å². The van der Waals surface area contributed by atoms with Gasteiger partial charge in [0.2, 0.25) is 0 Å². The highest BCUT2D eigenvalue weighted by Gasteiger charge is 2.22. The van der Waals surface area contributed by atoms with Crippen molar-refractivity contribution in [3.63, 3.8) is 0 Å². The number of nitrogens with one attached hydrogen (secondary N) is 2. The molecule has 0 spiro atoms. The van der Waals surface area contributed by atoms with Crippen LogP contribution < -0.4 is 10.5 Å². The Morgan fingerprint density at radius 1 is 1.37 bits per heavy atom. The fraction of sp³-hybridized carbons (Fsp3) is 0.182. The first-order chi connectivity index (χ1) is 8.81. The van der Waals surface area contributed by atoms with Gasteiger partial charge in [0.1, 0.15) is 4.90 Å². The normalized spacial score (nSPS) is 11.5. The number of aromatic amines is 1. The van der Waals surface area contributed by atoms with Gasteiger partial charge in [0.25, 0.3) is 10.0 Å². The first-order valence-corrected chi connectivity index (χ1v) is 7.68. The largest absolute Gasteiger partial charge is 0.399 e. The Bertz CT molecular complexity index is 705. The zero-order chi connectivity index (χ0) is 14.2. The molecule has 19 heavy (non-hydrogen) atoms. The second-order valence-corrected chi connectivity index (χ2v) is 6.58. The van der Waals surface area contributed by atoms with Crippen LogP contribution in [0.15, 0.2) is 27.6 Å². The Morgan fingerprint density at radius 3 is 2.58 bits per heavy atom. The standard InChI is InChI=1S/C11H13BrN4O2S/c1-6-11(7(2)15-14-6)19(17,18)16-10-4-3-8(13)5-9(10)12/h3-5,16H,13H2,1-2H3,(H,14,15). The van der Waals surface area contributed by atoms with Gasteiger partial charge in [0.05, 0.1) is 17.1 Å². The SMILES string of the molecule is Cc1n[nH]c(C)c1S(=O)(=O)Nc1ccc(N)cc1Br.